The number of nitrogens with one attached hydrogen (secondary N) is 1. The van der Waals surface area contributed by atoms with Crippen LogP contribution in [0, 0.1) is 11.6 Å². The van der Waals surface area contributed by atoms with Gasteiger partial charge in [-0.15, -0.1) is 10.2 Å². The van der Waals surface area contributed by atoms with Crippen molar-refractivity contribution >= 4 is 39.3 Å². The van der Waals surface area contributed by atoms with E-state index in [0.717, 1.165) is 33.9 Å². The lowest BCUT2D eigenvalue weighted by Crippen LogP contribution is -2.15. The molecule has 0 radical (unpaired) electrons. The number of halogens is 3. The number of aromatic nitrogens is 2. The van der Waals surface area contributed by atoms with E-state index in [1.165, 1.54) is 0 Å². The molecule has 9 heteroatoms. The van der Waals surface area contributed by atoms with Gasteiger partial charge in [-0.1, -0.05) is 27.7 Å². The van der Waals surface area contributed by atoms with Crippen molar-refractivity contribution in [1.82, 2.24) is 10.2 Å². The predicted molar refractivity (Wildman–Crippen MR) is 93.1 cm³/mol. The van der Waals surface area contributed by atoms with E-state index in [2.05, 4.69) is 31.4 Å². The molecule has 0 bridgehead atoms. The van der Waals surface area contributed by atoms with Crippen LogP contribution in [0.3, 0.4) is 0 Å². The van der Waals surface area contributed by atoms with Crippen LogP contribution < -0.4 is 5.32 Å². The van der Waals surface area contributed by atoms with E-state index in [4.69, 9.17) is 4.42 Å². The summed E-state index contributed by atoms with van der Waals surface area (Å²) in [7, 11) is 0. The van der Waals surface area contributed by atoms with Gasteiger partial charge < -0.3 is 9.73 Å². The Kier molecular flexibility index (Phi) is 5.44. The Labute approximate surface area is 154 Å². The fourth-order valence-corrected chi connectivity index (χ4v) is 2.71. The van der Waals surface area contributed by atoms with Crippen LogP contribution in [0.1, 0.15) is 0 Å². The van der Waals surface area contributed by atoms with Crippen LogP contribution >= 0.6 is 27.7 Å². The van der Waals surface area contributed by atoms with Gasteiger partial charge in [0.15, 0.2) is 0 Å². The molecule has 0 atom stereocenters. The molecule has 0 unspecified atom stereocenters. The largest absolute Gasteiger partial charge is 0.411 e. The molecular formula is C16H10BrF2N3O2S. The number of hydrogen-bond acceptors (Lipinski definition) is 5. The van der Waals surface area contributed by atoms with Crippen LogP contribution in [-0.2, 0) is 4.79 Å². The van der Waals surface area contributed by atoms with Gasteiger partial charge in [-0.3, -0.25) is 4.79 Å². The zero-order valence-electron chi connectivity index (χ0n) is 12.5. The number of rotatable bonds is 5. The van der Waals surface area contributed by atoms with Gasteiger partial charge in [0.2, 0.25) is 11.8 Å². The SMILES string of the molecule is O=C(CSc1nnc(-c2ccc(Br)cc2)o1)Nc1ccc(F)cc1F. The monoisotopic (exact) mass is 425 g/mol. The lowest BCUT2D eigenvalue weighted by molar-refractivity contribution is -0.113. The average molecular weight is 426 g/mol. The maximum atomic E-state index is 13.5. The van der Waals surface area contributed by atoms with Crippen LogP contribution in [-0.4, -0.2) is 21.9 Å². The molecule has 1 aromatic heterocycles. The van der Waals surface area contributed by atoms with Gasteiger partial charge >= 0.3 is 0 Å². The van der Waals surface area contributed by atoms with E-state index in [1.54, 1.807) is 0 Å². The topological polar surface area (TPSA) is 68.0 Å². The van der Waals surface area contributed by atoms with Crippen LogP contribution in [0.15, 0.2) is 56.6 Å². The van der Waals surface area contributed by atoms with E-state index < -0.39 is 17.5 Å². The molecule has 0 saturated carbocycles. The highest BCUT2D eigenvalue weighted by molar-refractivity contribution is 9.10. The zero-order chi connectivity index (χ0) is 17.8. The first-order valence-electron chi connectivity index (χ1n) is 6.98. The smallest absolute Gasteiger partial charge is 0.277 e. The minimum atomic E-state index is -0.839. The molecule has 0 aliphatic heterocycles. The molecule has 0 saturated heterocycles. The zero-order valence-corrected chi connectivity index (χ0v) is 14.9. The van der Waals surface area contributed by atoms with Gasteiger partial charge in [0.25, 0.3) is 5.22 Å². The number of thioether (sulfide) groups is 1. The van der Waals surface area contributed by atoms with Crippen molar-refractivity contribution in [2.45, 2.75) is 5.22 Å². The predicted octanol–water partition coefficient (Wildman–Crippen LogP) is 4.51. The third-order valence-electron chi connectivity index (χ3n) is 3.03. The second kappa shape index (κ2) is 7.75. The summed E-state index contributed by atoms with van der Waals surface area (Å²) in [5, 5.41) is 10.3. The summed E-state index contributed by atoms with van der Waals surface area (Å²) in [6, 6.07) is 10.2. The fraction of sp³-hybridized carbons (Fsp3) is 0.0625. The van der Waals surface area contributed by atoms with E-state index in [0.29, 0.717) is 12.0 Å². The van der Waals surface area contributed by atoms with Gasteiger partial charge in [0.1, 0.15) is 11.6 Å². The standard InChI is InChI=1S/C16H10BrF2N3O2S/c17-10-3-1-9(2-4-10)15-21-22-16(24-15)25-8-14(23)20-13-6-5-11(18)7-12(13)19/h1-7H,8H2,(H,20,23). The normalized spacial score (nSPS) is 10.7. The molecule has 5 nitrogen and oxygen atoms in total. The highest BCUT2D eigenvalue weighted by atomic mass is 79.9. The highest BCUT2D eigenvalue weighted by Gasteiger charge is 2.13. The number of benzene rings is 2. The van der Waals surface area contributed by atoms with E-state index in [-0.39, 0.29) is 16.7 Å². The Morgan fingerprint density at radius 3 is 2.64 bits per heavy atom. The van der Waals surface area contributed by atoms with Crippen molar-refractivity contribution in [1.29, 1.82) is 0 Å². The number of hydrogen-bond donors (Lipinski definition) is 1. The van der Waals surface area contributed by atoms with E-state index in [9.17, 15) is 13.6 Å². The second-order valence-corrected chi connectivity index (χ2v) is 6.68. The quantitative estimate of drug-likeness (QED) is 0.609. The molecule has 1 amide bonds. The van der Waals surface area contributed by atoms with Gasteiger partial charge in [-0.2, -0.15) is 0 Å². The summed E-state index contributed by atoms with van der Waals surface area (Å²) >= 11 is 4.35. The molecule has 0 fully saturated rings. The number of nitrogens with zero attached hydrogens (tertiary/aromatic N) is 2. The molecule has 0 aliphatic rings. The molecule has 3 rings (SSSR count). The third-order valence-corrected chi connectivity index (χ3v) is 4.38. The first-order chi connectivity index (χ1) is 12.0. The first-order valence-corrected chi connectivity index (χ1v) is 8.76. The lowest BCUT2D eigenvalue weighted by atomic mass is 10.2. The van der Waals surface area contributed by atoms with Crippen LogP contribution in [0.25, 0.3) is 11.5 Å². The summed E-state index contributed by atoms with van der Waals surface area (Å²) in [5.41, 5.74) is 0.661. The summed E-state index contributed by atoms with van der Waals surface area (Å²) in [4.78, 5) is 11.8. The van der Waals surface area contributed by atoms with Gasteiger partial charge in [-0.05, 0) is 36.4 Å². The van der Waals surface area contributed by atoms with Crippen molar-refractivity contribution in [3.05, 3.63) is 58.6 Å². The van der Waals surface area contributed by atoms with Gasteiger partial charge in [0, 0.05) is 16.1 Å². The van der Waals surface area contributed by atoms with Crippen LogP contribution in [0.4, 0.5) is 14.5 Å². The van der Waals surface area contributed by atoms with Crippen LogP contribution in [0.5, 0.6) is 0 Å². The minimum absolute atomic E-state index is 0.0568. The van der Waals surface area contributed by atoms with Gasteiger partial charge in [0.05, 0.1) is 11.4 Å². The summed E-state index contributed by atoms with van der Waals surface area (Å²) in [5.74, 6) is -1.75. The van der Waals surface area contributed by atoms with Crippen molar-refractivity contribution in [2.24, 2.45) is 0 Å². The highest BCUT2D eigenvalue weighted by Crippen LogP contribution is 2.24. The van der Waals surface area contributed by atoms with Crippen molar-refractivity contribution < 1.29 is 18.0 Å². The van der Waals surface area contributed by atoms with E-state index >= 15 is 0 Å². The average Bonchev–Trinajstić information content (AvgIpc) is 3.05. The minimum Gasteiger partial charge on any atom is -0.411 e. The number of anilines is 1. The molecule has 25 heavy (non-hydrogen) atoms. The van der Waals surface area contributed by atoms with Crippen LogP contribution in [0.2, 0.25) is 0 Å². The summed E-state index contributed by atoms with van der Waals surface area (Å²) < 4.78 is 32.7. The maximum Gasteiger partial charge on any atom is 0.277 e. The Hall–Kier alpha value is -2.26. The number of amides is 1. The van der Waals surface area contributed by atoms with Crippen molar-refractivity contribution in [3.63, 3.8) is 0 Å². The molecule has 2 aromatic carbocycles. The summed E-state index contributed by atoms with van der Waals surface area (Å²) in [6.45, 7) is 0. The number of carbonyl (C=O) groups excluding carboxylic acids is 1. The molecule has 3 aromatic rings. The Morgan fingerprint density at radius 2 is 1.92 bits per heavy atom. The molecule has 1 N–H and O–H groups in total. The lowest BCUT2D eigenvalue weighted by Gasteiger charge is -2.05. The maximum absolute atomic E-state index is 13.5. The Bertz CT molecular complexity index is 903. The Balaban J connectivity index is 1.58. The molecule has 0 aliphatic carbocycles. The molecule has 128 valence electrons. The van der Waals surface area contributed by atoms with Gasteiger partial charge in [-0.25, -0.2) is 8.78 Å². The Morgan fingerprint density at radius 1 is 1.16 bits per heavy atom. The second-order valence-electron chi connectivity index (χ2n) is 4.84. The van der Waals surface area contributed by atoms with Crippen molar-refractivity contribution in [2.75, 3.05) is 11.1 Å². The third kappa shape index (κ3) is 4.64. The van der Waals surface area contributed by atoms with E-state index in [1.807, 2.05) is 24.3 Å². The first kappa shape index (κ1) is 17.6. The molecule has 1 heterocycles. The molecule has 0 spiro atoms. The number of carbonyl (C=O) groups is 1. The fourth-order valence-electron chi connectivity index (χ4n) is 1.88. The van der Waals surface area contributed by atoms with Crippen molar-refractivity contribution in [3.8, 4) is 11.5 Å². The molecular weight excluding hydrogens is 416 g/mol. The summed E-state index contributed by atoms with van der Waals surface area (Å²) in [6.07, 6.45) is 0.